The van der Waals surface area contributed by atoms with E-state index in [4.69, 9.17) is 14.2 Å². The molecule has 54 heavy (non-hydrogen) atoms. The molecule has 2 aliphatic carbocycles. The molecule has 2 saturated carbocycles. The number of amides is 4. The van der Waals surface area contributed by atoms with E-state index in [1.807, 2.05) is 19.1 Å². The molecular formula is C38H50FN5O9S. The minimum atomic E-state index is -3.93. The van der Waals surface area contributed by atoms with Gasteiger partial charge in [0.25, 0.3) is 5.91 Å². The molecular weight excluding hydrogens is 722 g/mol. The third kappa shape index (κ3) is 8.58. The number of hydrogen-bond acceptors (Lipinski definition) is 10. The van der Waals surface area contributed by atoms with Crippen LogP contribution in [0.4, 0.5) is 9.18 Å². The molecule has 3 fully saturated rings. The predicted molar refractivity (Wildman–Crippen MR) is 196 cm³/mol. The normalized spacial score (nSPS) is 29.8. The van der Waals surface area contributed by atoms with E-state index in [0.29, 0.717) is 36.5 Å². The van der Waals surface area contributed by atoms with Crippen LogP contribution in [0.5, 0.6) is 11.6 Å². The van der Waals surface area contributed by atoms with Crippen LogP contribution in [0.15, 0.2) is 36.5 Å². The van der Waals surface area contributed by atoms with Crippen LogP contribution in [0.25, 0.3) is 10.8 Å². The Balaban J connectivity index is 1.36. The Morgan fingerprint density at radius 3 is 2.52 bits per heavy atom. The number of carbonyl (C=O) groups is 4. The molecule has 4 amide bonds. The van der Waals surface area contributed by atoms with E-state index >= 15 is 0 Å². The average Bonchev–Trinajstić information content (AvgIpc) is 4.01. The summed E-state index contributed by atoms with van der Waals surface area (Å²) in [5.74, 6) is -3.05. The van der Waals surface area contributed by atoms with Crippen molar-refractivity contribution in [1.82, 2.24) is 25.2 Å². The third-order valence-electron chi connectivity index (χ3n) is 10.6. The number of hydrogen-bond donors (Lipinski definition) is 3. The van der Waals surface area contributed by atoms with E-state index in [2.05, 4.69) is 27.3 Å². The van der Waals surface area contributed by atoms with Gasteiger partial charge in [-0.25, -0.2) is 22.6 Å². The van der Waals surface area contributed by atoms with Gasteiger partial charge in [0.05, 0.1) is 24.3 Å². The molecule has 2 aliphatic heterocycles. The van der Waals surface area contributed by atoms with Crippen LogP contribution in [0.1, 0.15) is 79.6 Å². The van der Waals surface area contributed by atoms with Crippen molar-refractivity contribution >= 4 is 44.6 Å². The fourth-order valence-corrected chi connectivity index (χ4v) is 8.91. The Bertz CT molecular complexity index is 1950. The lowest BCUT2D eigenvalue weighted by Gasteiger charge is -2.33. The van der Waals surface area contributed by atoms with Gasteiger partial charge in [0.15, 0.2) is 0 Å². The number of rotatable bonds is 7. The van der Waals surface area contributed by atoms with Gasteiger partial charge in [-0.2, -0.15) is 0 Å². The molecule has 4 aliphatic rings. The van der Waals surface area contributed by atoms with Crippen molar-refractivity contribution in [2.24, 2.45) is 17.8 Å². The van der Waals surface area contributed by atoms with Gasteiger partial charge >= 0.3 is 6.09 Å². The zero-order valence-electron chi connectivity index (χ0n) is 31.5. The van der Waals surface area contributed by atoms with Crippen molar-refractivity contribution in [2.45, 2.75) is 114 Å². The molecule has 1 aromatic carbocycles. The second-order valence-electron chi connectivity index (χ2n) is 16.2. The number of nitrogens with zero attached hydrogens (tertiary/aromatic N) is 2. The van der Waals surface area contributed by atoms with Gasteiger partial charge in [0.1, 0.15) is 40.9 Å². The minimum Gasteiger partial charge on any atom is -0.496 e. The summed E-state index contributed by atoms with van der Waals surface area (Å²) < 4.78 is 59.8. The maximum atomic E-state index is 14.7. The van der Waals surface area contributed by atoms with E-state index in [9.17, 15) is 32.0 Å². The van der Waals surface area contributed by atoms with Crippen molar-refractivity contribution in [3.63, 3.8) is 0 Å². The topological polar surface area (TPSA) is 182 Å². The fraction of sp³-hybridized carbons (Fsp3) is 0.605. The summed E-state index contributed by atoms with van der Waals surface area (Å²) in [5, 5.41) is 5.82. The Morgan fingerprint density at radius 1 is 1.09 bits per heavy atom. The third-order valence-corrected chi connectivity index (χ3v) is 12.4. The second kappa shape index (κ2) is 15.0. The second-order valence-corrected chi connectivity index (χ2v) is 18.2. The van der Waals surface area contributed by atoms with Crippen LogP contribution in [0.2, 0.25) is 0 Å². The van der Waals surface area contributed by atoms with E-state index in [0.717, 1.165) is 6.42 Å². The van der Waals surface area contributed by atoms with Gasteiger partial charge in [-0.15, -0.1) is 0 Å². The average molecular weight is 772 g/mol. The quantitative estimate of drug-likeness (QED) is 0.347. The smallest absolute Gasteiger partial charge is 0.408 e. The van der Waals surface area contributed by atoms with E-state index in [1.165, 1.54) is 30.3 Å². The van der Waals surface area contributed by atoms with Crippen molar-refractivity contribution in [3.05, 3.63) is 42.4 Å². The number of methoxy groups -OCH3 is 1. The van der Waals surface area contributed by atoms with E-state index in [1.54, 1.807) is 26.8 Å². The molecule has 0 radical (unpaired) electrons. The molecule has 6 rings (SSSR count). The van der Waals surface area contributed by atoms with Crippen LogP contribution in [0, 0.1) is 23.6 Å². The van der Waals surface area contributed by atoms with Crippen LogP contribution in [-0.4, -0.2) is 90.3 Å². The summed E-state index contributed by atoms with van der Waals surface area (Å²) in [5.41, 5.74) is -2.40. The standard InChI is InChI=1S/C38H50FN5O9S/c1-21-9-7-8-10-23-19-38(23,35(47)43-54(49,50)26-11-12-26)42-32(45)29-18-25(52-33-28-16-24(39)17-30(51-6)27(28)13-14-40-33)20-44(29)34(46)31(22(2)15-21)41-36(48)53-37(3,4)5/h8,10,13-14,16-17,21-23,25-26,29,31H,7,9,11-12,15,18-20H2,1-6H3,(H,41,48)(H,42,45)(H,43,47)/b10-8-/t21-,22+,23?,25+,29-,31-,38+/m0/s1. The first-order valence-electron chi connectivity index (χ1n) is 18.5. The first-order valence-corrected chi connectivity index (χ1v) is 20.1. The molecule has 0 spiro atoms. The summed E-state index contributed by atoms with van der Waals surface area (Å²) in [7, 11) is -2.51. The van der Waals surface area contributed by atoms with Gasteiger partial charge in [-0.05, 0) is 83.3 Å². The number of halogens is 1. The first kappa shape index (κ1) is 39.2. The number of alkyl carbamates (subject to hydrolysis) is 1. The number of allylic oxidation sites excluding steroid dienone is 1. The molecule has 7 atom stereocenters. The Morgan fingerprint density at radius 2 is 1.83 bits per heavy atom. The van der Waals surface area contributed by atoms with Crippen LogP contribution >= 0.6 is 0 Å². The number of pyridine rings is 1. The first-order chi connectivity index (χ1) is 25.4. The molecule has 1 aromatic heterocycles. The Kier molecular flexibility index (Phi) is 10.9. The number of aromatic nitrogens is 1. The number of benzene rings is 1. The SMILES string of the molecule is COc1cc(F)cc2c(O[C@@H]3C[C@H]4C(=O)N[C@]5(C(=O)NS(=O)(=O)C6CC6)CC5/C=C\CC[C@H](C)C[C@@H](C)[C@H](NC(=O)OC(C)(C)C)C(=O)N4C3)nccc12. The van der Waals surface area contributed by atoms with Gasteiger partial charge < -0.3 is 29.7 Å². The molecule has 1 saturated heterocycles. The number of nitrogens with one attached hydrogen (secondary N) is 3. The molecule has 0 bridgehead atoms. The number of sulfonamides is 1. The lowest BCUT2D eigenvalue weighted by molar-refractivity contribution is -0.142. The highest BCUT2D eigenvalue weighted by atomic mass is 32.2. The number of carbonyl (C=O) groups excluding carboxylic acids is 4. The van der Waals surface area contributed by atoms with E-state index < -0.39 is 80.2 Å². The van der Waals surface area contributed by atoms with Crippen molar-refractivity contribution in [1.29, 1.82) is 0 Å². The summed E-state index contributed by atoms with van der Waals surface area (Å²) >= 11 is 0. The van der Waals surface area contributed by atoms with Gasteiger partial charge in [-0.1, -0.05) is 26.0 Å². The fourth-order valence-electron chi connectivity index (χ4n) is 7.54. The minimum absolute atomic E-state index is 0.0510. The number of ether oxygens (including phenoxy) is 3. The lowest BCUT2D eigenvalue weighted by Crippen LogP contribution is -2.59. The van der Waals surface area contributed by atoms with Crippen LogP contribution in [0.3, 0.4) is 0 Å². The largest absolute Gasteiger partial charge is 0.496 e. The Hall–Kier alpha value is -4.47. The molecule has 1 unspecified atom stereocenters. The monoisotopic (exact) mass is 771 g/mol. The highest BCUT2D eigenvalue weighted by molar-refractivity contribution is 7.91. The van der Waals surface area contributed by atoms with Crippen molar-refractivity contribution in [3.8, 4) is 11.6 Å². The van der Waals surface area contributed by atoms with Gasteiger partial charge in [0, 0.05) is 30.0 Å². The van der Waals surface area contributed by atoms with Crippen molar-refractivity contribution in [2.75, 3.05) is 13.7 Å². The highest BCUT2D eigenvalue weighted by Gasteiger charge is 2.62. The lowest BCUT2D eigenvalue weighted by atomic mass is 9.88. The molecule has 14 nitrogen and oxygen atoms in total. The van der Waals surface area contributed by atoms with Gasteiger partial charge in [0.2, 0.25) is 27.7 Å². The maximum absolute atomic E-state index is 14.7. The van der Waals surface area contributed by atoms with Gasteiger partial charge in [-0.3, -0.25) is 19.1 Å². The summed E-state index contributed by atoms with van der Waals surface area (Å²) in [6, 6.07) is 1.86. The summed E-state index contributed by atoms with van der Waals surface area (Å²) in [6.07, 6.45) is 6.61. The summed E-state index contributed by atoms with van der Waals surface area (Å²) in [6.45, 7) is 8.93. The zero-order valence-corrected chi connectivity index (χ0v) is 32.3. The van der Waals surface area contributed by atoms with Crippen LogP contribution in [-0.2, 0) is 29.1 Å². The maximum Gasteiger partial charge on any atom is 0.408 e. The zero-order chi connectivity index (χ0) is 39.2. The molecule has 3 heterocycles. The predicted octanol–water partition coefficient (Wildman–Crippen LogP) is 4.12. The molecule has 3 N–H and O–H groups in total. The van der Waals surface area contributed by atoms with Crippen molar-refractivity contribution < 1.29 is 46.2 Å². The highest BCUT2D eigenvalue weighted by Crippen LogP contribution is 2.46. The number of fused-ring (bicyclic) bond motifs is 3. The van der Waals surface area contributed by atoms with Crippen LogP contribution < -0.4 is 24.8 Å². The molecule has 2 aromatic rings. The summed E-state index contributed by atoms with van der Waals surface area (Å²) in [4.78, 5) is 61.7. The molecule has 294 valence electrons. The molecule has 16 heteroatoms. The Labute approximate surface area is 315 Å². The van der Waals surface area contributed by atoms with E-state index in [-0.39, 0.29) is 42.9 Å².